The van der Waals surface area contributed by atoms with Crippen LogP contribution < -0.4 is 5.32 Å². The number of carbonyl (C=O) groups is 2. The molecule has 18 heavy (non-hydrogen) atoms. The lowest BCUT2D eigenvalue weighted by atomic mass is 10.3. The van der Waals surface area contributed by atoms with Gasteiger partial charge in [0.2, 0.25) is 5.91 Å². The van der Waals surface area contributed by atoms with Crippen molar-refractivity contribution in [2.24, 2.45) is 10.2 Å². The van der Waals surface area contributed by atoms with Crippen LogP contribution in [0.15, 0.2) is 33.0 Å². The van der Waals surface area contributed by atoms with Crippen LogP contribution >= 0.6 is 11.8 Å². The van der Waals surface area contributed by atoms with Gasteiger partial charge >= 0.3 is 5.97 Å². The molecule has 94 valence electrons. The third-order valence-corrected chi connectivity index (χ3v) is 3.09. The second-order valence-corrected chi connectivity index (χ2v) is 4.55. The van der Waals surface area contributed by atoms with Gasteiger partial charge in [-0.3, -0.25) is 9.59 Å². The Morgan fingerprint density at radius 3 is 3.17 bits per heavy atom. The van der Waals surface area contributed by atoms with Crippen LogP contribution in [0.4, 0.5) is 0 Å². The van der Waals surface area contributed by atoms with Gasteiger partial charge in [0.1, 0.15) is 11.0 Å². The van der Waals surface area contributed by atoms with Crippen molar-refractivity contribution >= 4 is 35.0 Å². The average molecular weight is 267 g/mol. The highest BCUT2D eigenvalue weighted by Gasteiger charge is 2.32. The van der Waals surface area contributed by atoms with Gasteiger partial charge in [-0.15, -0.1) is 5.10 Å². The van der Waals surface area contributed by atoms with Gasteiger partial charge in [0.05, 0.1) is 18.9 Å². The van der Waals surface area contributed by atoms with E-state index in [1.165, 1.54) is 12.5 Å². The topological polar surface area (TPSA) is 104 Å². The zero-order valence-electron chi connectivity index (χ0n) is 9.07. The molecule has 1 fully saturated rings. The molecular weight excluding hydrogens is 258 g/mol. The van der Waals surface area contributed by atoms with Crippen molar-refractivity contribution in [2.45, 2.75) is 11.7 Å². The average Bonchev–Trinajstić information content (AvgIpc) is 2.90. The predicted octanol–water partition coefficient (Wildman–Crippen LogP) is 0.676. The number of hydrogen-bond donors (Lipinski definition) is 2. The lowest BCUT2D eigenvalue weighted by Crippen LogP contribution is -2.26. The molecule has 2 rings (SSSR count). The van der Waals surface area contributed by atoms with Crippen LogP contribution in [-0.4, -0.2) is 33.6 Å². The zero-order valence-corrected chi connectivity index (χ0v) is 9.88. The van der Waals surface area contributed by atoms with Gasteiger partial charge in [-0.1, -0.05) is 11.8 Å². The number of nitrogens with zero attached hydrogens (tertiary/aromatic N) is 2. The van der Waals surface area contributed by atoms with E-state index in [1.807, 2.05) is 0 Å². The second-order valence-electron chi connectivity index (χ2n) is 3.36. The molecule has 8 heteroatoms. The van der Waals surface area contributed by atoms with Crippen molar-refractivity contribution in [3.8, 4) is 0 Å². The lowest BCUT2D eigenvalue weighted by Gasteiger charge is -1.97. The molecule has 0 unspecified atom stereocenters. The van der Waals surface area contributed by atoms with Crippen LogP contribution in [-0.2, 0) is 9.59 Å². The summed E-state index contributed by atoms with van der Waals surface area (Å²) in [7, 11) is 0. The molecule has 7 nitrogen and oxygen atoms in total. The van der Waals surface area contributed by atoms with Gasteiger partial charge in [-0.2, -0.15) is 5.10 Å². The number of nitrogens with one attached hydrogen (secondary N) is 1. The number of aliphatic carboxylic acids is 1. The molecule has 1 aromatic rings. The van der Waals surface area contributed by atoms with Crippen LogP contribution in [0.5, 0.6) is 0 Å². The number of carboxylic acid groups (broad SMARTS) is 1. The maximum Gasteiger partial charge on any atom is 0.305 e. The van der Waals surface area contributed by atoms with Crippen molar-refractivity contribution < 1.29 is 19.1 Å². The summed E-state index contributed by atoms with van der Waals surface area (Å²) < 4.78 is 5.00. The molecular formula is C10H9N3O4S. The van der Waals surface area contributed by atoms with E-state index in [0.29, 0.717) is 5.76 Å². The minimum absolute atomic E-state index is 0.239. The number of rotatable bonds is 4. The van der Waals surface area contributed by atoms with Crippen molar-refractivity contribution in [1.82, 2.24) is 5.32 Å². The summed E-state index contributed by atoms with van der Waals surface area (Å²) in [5.74, 6) is -0.854. The lowest BCUT2D eigenvalue weighted by molar-refractivity contribution is -0.138. The van der Waals surface area contributed by atoms with E-state index in [9.17, 15) is 9.59 Å². The molecule has 1 amide bonds. The molecule has 0 spiro atoms. The number of carboxylic acids is 1. The summed E-state index contributed by atoms with van der Waals surface area (Å²) in [6.45, 7) is 0. The number of hydrogen-bond acceptors (Lipinski definition) is 6. The van der Waals surface area contributed by atoms with Crippen molar-refractivity contribution in [2.75, 3.05) is 0 Å². The van der Waals surface area contributed by atoms with Crippen LogP contribution in [0.1, 0.15) is 12.2 Å². The first-order valence-electron chi connectivity index (χ1n) is 4.99. The van der Waals surface area contributed by atoms with Crippen LogP contribution in [0.25, 0.3) is 0 Å². The minimum atomic E-state index is -1.03. The van der Waals surface area contributed by atoms with Crippen molar-refractivity contribution in [3.63, 3.8) is 0 Å². The number of amidine groups is 1. The smallest absolute Gasteiger partial charge is 0.305 e. The van der Waals surface area contributed by atoms with Crippen LogP contribution in [0.3, 0.4) is 0 Å². The molecule has 0 bridgehead atoms. The Bertz CT molecular complexity index is 509. The summed E-state index contributed by atoms with van der Waals surface area (Å²) in [5.41, 5.74) is 0. The Morgan fingerprint density at radius 2 is 2.50 bits per heavy atom. The van der Waals surface area contributed by atoms with Crippen molar-refractivity contribution in [1.29, 1.82) is 0 Å². The van der Waals surface area contributed by atoms with E-state index in [-0.39, 0.29) is 17.5 Å². The molecule has 0 aromatic carbocycles. The standard InChI is InChI=1S/C10H9N3O4S/c14-8(15)4-7-9(16)12-10(18-7)13-11-5-6-2-1-3-17-6/h1-3,5,7H,4H2,(H,14,15)(H,12,13,16)/b11-5-/t7-/m0/s1. The van der Waals surface area contributed by atoms with E-state index in [4.69, 9.17) is 9.52 Å². The van der Waals surface area contributed by atoms with Gasteiger partial charge in [0.25, 0.3) is 0 Å². The molecule has 1 atom stereocenters. The van der Waals surface area contributed by atoms with Gasteiger partial charge < -0.3 is 14.8 Å². The Kier molecular flexibility index (Phi) is 3.78. The van der Waals surface area contributed by atoms with Gasteiger partial charge in [-0.05, 0) is 12.1 Å². The van der Waals surface area contributed by atoms with E-state index in [1.54, 1.807) is 12.1 Å². The fraction of sp³-hybridized carbons (Fsp3) is 0.200. The summed E-state index contributed by atoms with van der Waals surface area (Å²) in [4.78, 5) is 21.9. The molecule has 1 aliphatic rings. The molecule has 1 aromatic heterocycles. The fourth-order valence-corrected chi connectivity index (χ4v) is 2.16. The Hall–Kier alpha value is -2.09. The first-order valence-corrected chi connectivity index (χ1v) is 5.87. The zero-order chi connectivity index (χ0) is 13.0. The summed E-state index contributed by atoms with van der Waals surface area (Å²) in [6.07, 6.45) is 2.66. The summed E-state index contributed by atoms with van der Waals surface area (Å²) in [5, 5.41) is 18.2. The van der Waals surface area contributed by atoms with Gasteiger partial charge in [0, 0.05) is 0 Å². The fourth-order valence-electron chi connectivity index (χ4n) is 1.25. The molecule has 2 heterocycles. The van der Waals surface area contributed by atoms with Crippen molar-refractivity contribution in [3.05, 3.63) is 24.2 Å². The third-order valence-electron chi connectivity index (χ3n) is 2.01. The molecule has 0 radical (unpaired) electrons. The Balaban J connectivity index is 1.95. The number of furan rings is 1. The number of thioether (sulfide) groups is 1. The van der Waals surface area contributed by atoms with Gasteiger partial charge in [0.15, 0.2) is 5.17 Å². The normalized spacial score (nSPS) is 21.7. The first-order chi connectivity index (χ1) is 8.65. The Labute approximate surface area is 106 Å². The SMILES string of the molecule is O=C(O)C[C@@H]1S/C(=N\N=C/c2ccco2)NC1=O. The highest BCUT2D eigenvalue weighted by molar-refractivity contribution is 8.15. The largest absolute Gasteiger partial charge is 0.481 e. The molecule has 0 aliphatic carbocycles. The first kappa shape index (κ1) is 12.4. The molecule has 1 aliphatic heterocycles. The Morgan fingerprint density at radius 1 is 1.67 bits per heavy atom. The number of amides is 1. The van der Waals surface area contributed by atoms with E-state index >= 15 is 0 Å². The molecule has 1 saturated heterocycles. The monoisotopic (exact) mass is 267 g/mol. The minimum Gasteiger partial charge on any atom is -0.481 e. The van der Waals surface area contributed by atoms with E-state index < -0.39 is 11.2 Å². The highest BCUT2D eigenvalue weighted by Crippen LogP contribution is 2.22. The van der Waals surface area contributed by atoms with Gasteiger partial charge in [-0.25, -0.2) is 0 Å². The highest BCUT2D eigenvalue weighted by atomic mass is 32.2. The van der Waals surface area contributed by atoms with Crippen LogP contribution in [0, 0.1) is 0 Å². The molecule has 2 N–H and O–H groups in total. The van der Waals surface area contributed by atoms with Crippen LogP contribution in [0.2, 0.25) is 0 Å². The summed E-state index contributed by atoms with van der Waals surface area (Å²) >= 11 is 1.05. The second kappa shape index (κ2) is 5.50. The quantitative estimate of drug-likeness (QED) is 0.616. The van der Waals surface area contributed by atoms with E-state index in [2.05, 4.69) is 15.5 Å². The van der Waals surface area contributed by atoms with E-state index in [0.717, 1.165) is 11.8 Å². The maximum atomic E-state index is 11.4. The number of carbonyl (C=O) groups excluding carboxylic acids is 1. The molecule has 0 saturated carbocycles. The summed E-state index contributed by atoms with van der Waals surface area (Å²) in [6, 6.07) is 3.42. The third kappa shape index (κ3) is 3.20. The maximum absolute atomic E-state index is 11.4. The predicted molar refractivity (Wildman–Crippen MR) is 65.5 cm³/mol.